The van der Waals surface area contributed by atoms with E-state index in [0.717, 1.165) is 5.56 Å². The van der Waals surface area contributed by atoms with Crippen molar-refractivity contribution in [1.82, 2.24) is 4.98 Å². The van der Waals surface area contributed by atoms with E-state index in [1.165, 1.54) is 24.3 Å². The Morgan fingerprint density at radius 2 is 2.00 bits per heavy atom. The molecule has 1 amide bonds. The number of amides is 1. The Labute approximate surface area is 188 Å². The van der Waals surface area contributed by atoms with Crippen molar-refractivity contribution in [2.45, 2.75) is 6.42 Å². The summed E-state index contributed by atoms with van der Waals surface area (Å²) in [6.07, 6.45) is 3.47. The van der Waals surface area contributed by atoms with Gasteiger partial charge in [-0.15, -0.1) is 0 Å². The number of nitrogens with one attached hydrogen (secondary N) is 1. The van der Waals surface area contributed by atoms with Crippen molar-refractivity contribution in [1.29, 1.82) is 0 Å². The molecule has 3 aromatic rings. The number of pyridine rings is 1. The molecule has 0 aliphatic carbocycles. The summed E-state index contributed by atoms with van der Waals surface area (Å²) in [6, 6.07) is 12.7. The molecule has 2 aromatic carbocycles. The number of ketones is 1. The second kappa shape index (κ2) is 9.04. The number of hydrogen-bond acceptors (Lipinski definition) is 4. The topological polar surface area (TPSA) is 68.3 Å². The largest absolute Gasteiger partial charge is 0.481 e. The van der Waals surface area contributed by atoms with Crippen LogP contribution in [0.15, 0.2) is 60.3 Å². The molecule has 0 bridgehead atoms. The minimum absolute atomic E-state index is 0.0367. The molecule has 158 valence electrons. The maximum atomic E-state index is 13.7. The van der Waals surface area contributed by atoms with Crippen LogP contribution in [0.25, 0.3) is 6.08 Å². The minimum atomic E-state index is -0.630. The number of anilines is 1. The van der Waals surface area contributed by atoms with Crippen molar-refractivity contribution in [3.63, 3.8) is 0 Å². The van der Waals surface area contributed by atoms with E-state index in [9.17, 15) is 14.0 Å². The lowest BCUT2D eigenvalue weighted by molar-refractivity contribution is -0.112. The van der Waals surface area contributed by atoms with Gasteiger partial charge in [0.2, 0.25) is 11.7 Å². The first-order valence-corrected chi connectivity index (χ1v) is 9.97. The predicted molar refractivity (Wildman–Crippen MR) is 120 cm³/mol. The molecule has 0 fully saturated rings. The lowest BCUT2D eigenvalue weighted by Crippen LogP contribution is -2.27. The minimum Gasteiger partial charge on any atom is -0.481 e. The predicted octanol–water partition coefficient (Wildman–Crippen LogP) is 4.70. The normalized spacial score (nSPS) is 13.8. The molecular weight excluding hydrogens is 431 g/mol. The molecular formula is C25H16ClFN2O3. The maximum absolute atomic E-state index is 13.7. The van der Waals surface area contributed by atoms with E-state index in [1.807, 2.05) is 6.07 Å². The number of methoxy groups -OCH3 is 1. The quantitative estimate of drug-likeness (QED) is 0.360. The summed E-state index contributed by atoms with van der Waals surface area (Å²) in [6.45, 7) is 0. The zero-order chi connectivity index (χ0) is 22.7. The van der Waals surface area contributed by atoms with Gasteiger partial charge in [0.05, 0.1) is 23.4 Å². The van der Waals surface area contributed by atoms with Gasteiger partial charge < -0.3 is 10.1 Å². The molecule has 0 atom stereocenters. The van der Waals surface area contributed by atoms with E-state index in [2.05, 4.69) is 22.1 Å². The molecule has 4 rings (SSSR count). The fourth-order valence-corrected chi connectivity index (χ4v) is 3.29. The fourth-order valence-electron chi connectivity index (χ4n) is 3.18. The van der Waals surface area contributed by atoms with E-state index in [4.69, 9.17) is 16.3 Å². The zero-order valence-corrected chi connectivity index (χ0v) is 17.7. The summed E-state index contributed by atoms with van der Waals surface area (Å²) < 4.78 is 18.8. The van der Waals surface area contributed by atoms with Crippen LogP contribution < -0.4 is 10.1 Å². The molecule has 1 aliphatic heterocycles. The van der Waals surface area contributed by atoms with Gasteiger partial charge in [0.15, 0.2) is 0 Å². The van der Waals surface area contributed by atoms with Crippen LogP contribution in [0, 0.1) is 17.7 Å². The smallest absolute Gasteiger partial charge is 0.259 e. The molecule has 32 heavy (non-hydrogen) atoms. The Morgan fingerprint density at radius 1 is 1.16 bits per heavy atom. The number of hydrogen-bond donors (Lipinski definition) is 1. The summed E-state index contributed by atoms with van der Waals surface area (Å²) >= 11 is 5.70. The van der Waals surface area contributed by atoms with Crippen LogP contribution in [0.3, 0.4) is 0 Å². The number of fused-ring (bicyclic) bond motifs is 1. The van der Waals surface area contributed by atoms with Crippen LogP contribution >= 0.6 is 11.6 Å². The number of halogens is 2. The summed E-state index contributed by atoms with van der Waals surface area (Å²) in [7, 11) is 1.55. The van der Waals surface area contributed by atoms with Crippen molar-refractivity contribution in [2.24, 2.45) is 0 Å². The number of benzene rings is 2. The summed E-state index contributed by atoms with van der Waals surface area (Å²) in [5.41, 5.74) is 2.58. The highest BCUT2D eigenvalue weighted by atomic mass is 35.5. The Kier molecular flexibility index (Phi) is 6.02. The van der Waals surface area contributed by atoms with Crippen LogP contribution in [0.2, 0.25) is 5.02 Å². The van der Waals surface area contributed by atoms with Gasteiger partial charge in [-0.25, -0.2) is 9.37 Å². The average molecular weight is 447 g/mol. The van der Waals surface area contributed by atoms with E-state index in [1.54, 1.807) is 37.6 Å². The first-order chi connectivity index (χ1) is 15.4. The monoisotopic (exact) mass is 446 g/mol. The summed E-state index contributed by atoms with van der Waals surface area (Å²) in [5.74, 6) is 4.97. The molecule has 1 aliphatic rings. The molecule has 1 aromatic heterocycles. The van der Waals surface area contributed by atoms with Gasteiger partial charge in [0.25, 0.3) is 5.91 Å². The number of carbonyl (C=O) groups is 2. The Bertz CT molecular complexity index is 1340. The highest BCUT2D eigenvalue weighted by Crippen LogP contribution is 2.28. The summed E-state index contributed by atoms with van der Waals surface area (Å²) in [4.78, 5) is 29.5. The third-order valence-electron chi connectivity index (χ3n) is 4.79. The van der Waals surface area contributed by atoms with Gasteiger partial charge in [0.1, 0.15) is 5.82 Å². The van der Waals surface area contributed by atoms with Gasteiger partial charge in [-0.05, 0) is 53.6 Å². The standard InChI is InChI=1S/C25H16ClFN2O3/c1-32-23-14-16(9-10-28-23)4-2-3-15-6-8-22-18(11-15)24(30)19(25(31)29-22)12-17-5-7-20(26)21(27)13-17/h5-14H,4H2,1H3,(H,29,31)/b19-12-. The Hall–Kier alpha value is -3.95. The molecule has 0 spiro atoms. The first kappa shape index (κ1) is 21.3. The van der Waals surface area contributed by atoms with Gasteiger partial charge in [0, 0.05) is 29.8 Å². The molecule has 0 radical (unpaired) electrons. The van der Waals surface area contributed by atoms with Crippen LogP contribution in [-0.2, 0) is 11.2 Å². The Morgan fingerprint density at radius 3 is 2.78 bits per heavy atom. The van der Waals surface area contributed by atoms with Gasteiger partial charge in [-0.1, -0.05) is 29.5 Å². The SMILES string of the molecule is COc1cc(CC#Cc2ccc3c(c2)C(=O)/C(=C/c2ccc(Cl)c(F)c2)C(=O)N3)ccn1. The number of ether oxygens (including phenoxy) is 1. The lowest BCUT2D eigenvalue weighted by Gasteiger charge is -2.18. The first-order valence-electron chi connectivity index (χ1n) is 9.59. The molecule has 2 heterocycles. The summed E-state index contributed by atoms with van der Waals surface area (Å²) in [5, 5.41) is 2.65. The second-order valence-electron chi connectivity index (χ2n) is 6.96. The highest BCUT2D eigenvalue weighted by Gasteiger charge is 2.28. The lowest BCUT2D eigenvalue weighted by atomic mass is 9.93. The maximum Gasteiger partial charge on any atom is 0.259 e. The van der Waals surface area contributed by atoms with Crippen molar-refractivity contribution >= 4 is 35.1 Å². The van der Waals surface area contributed by atoms with Crippen molar-refractivity contribution in [3.8, 4) is 17.7 Å². The van der Waals surface area contributed by atoms with Gasteiger partial charge >= 0.3 is 0 Å². The number of Topliss-reactive ketones (excluding diaryl/α,β-unsaturated/α-hetero) is 1. The molecule has 0 unspecified atom stereocenters. The molecule has 1 N–H and O–H groups in total. The van der Waals surface area contributed by atoms with E-state index < -0.39 is 17.5 Å². The van der Waals surface area contributed by atoms with Crippen molar-refractivity contribution in [3.05, 3.63) is 93.4 Å². The number of nitrogens with zero attached hydrogens (tertiary/aromatic N) is 1. The second-order valence-corrected chi connectivity index (χ2v) is 7.37. The molecule has 5 nitrogen and oxygen atoms in total. The highest BCUT2D eigenvalue weighted by molar-refractivity contribution is 6.36. The van der Waals surface area contributed by atoms with Gasteiger partial charge in [-0.2, -0.15) is 0 Å². The third kappa shape index (κ3) is 4.53. The van der Waals surface area contributed by atoms with Crippen molar-refractivity contribution < 1.29 is 18.7 Å². The number of rotatable bonds is 3. The van der Waals surface area contributed by atoms with E-state index >= 15 is 0 Å². The van der Waals surface area contributed by atoms with Crippen LogP contribution in [0.1, 0.15) is 27.0 Å². The molecule has 0 saturated heterocycles. The van der Waals surface area contributed by atoms with Crippen molar-refractivity contribution in [2.75, 3.05) is 12.4 Å². The average Bonchev–Trinajstić information content (AvgIpc) is 2.79. The van der Waals surface area contributed by atoms with Crippen LogP contribution in [0.4, 0.5) is 10.1 Å². The number of aromatic nitrogens is 1. The third-order valence-corrected chi connectivity index (χ3v) is 5.10. The Balaban J connectivity index is 1.60. The fraction of sp³-hybridized carbons (Fsp3) is 0.0800. The molecule has 7 heteroatoms. The zero-order valence-electron chi connectivity index (χ0n) is 16.9. The van der Waals surface area contributed by atoms with E-state index in [0.29, 0.717) is 34.7 Å². The van der Waals surface area contributed by atoms with Crippen LogP contribution in [-0.4, -0.2) is 23.8 Å². The number of carbonyl (C=O) groups excluding carboxylic acids is 2. The van der Waals surface area contributed by atoms with Crippen LogP contribution in [0.5, 0.6) is 5.88 Å². The van der Waals surface area contributed by atoms with Gasteiger partial charge in [-0.3, -0.25) is 9.59 Å². The molecule has 0 saturated carbocycles. The van der Waals surface area contributed by atoms with E-state index in [-0.39, 0.29) is 10.6 Å².